The first kappa shape index (κ1) is 12.1. The Morgan fingerprint density at radius 3 is 2.59 bits per heavy atom. The molecule has 0 radical (unpaired) electrons. The van der Waals surface area contributed by atoms with Gasteiger partial charge in [0, 0.05) is 13.1 Å². The molecule has 1 atom stereocenters. The quantitative estimate of drug-likeness (QED) is 0.507. The summed E-state index contributed by atoms with van der Waals surface area (Å²) < 4.78 is 33.9. The molecule has 2 heterocycles. The third kappa shape index (κ3) is 2.66. The zero-order valence-corrected chi connectivity index (χ0v) is 9.67. The van der Waals surface area contributed by atoms with Gasteiger partial charge in [-0.05, 0) is 12.5 Å². The molecular weight excluding hydrogens is 250 g/mol. The topological polar surface area (TPSA) is 134 Å². The summed E-state index contributed by atoms with van der Waals surface area (Å²) in [5, 5.41) is 0.624. The van der Waals surface area contributed by atoms with Crippen molar-refractivity contribution < 1.29 is 17.3 Å². The number of hydrogen-bond acceptors (Lipinski definition) is 8. The maximum absolute atomic E-state index is 10.6. The van der Waals surface area contributed by atoms with E-state index in [-0.39, 0.29) is 5.96 Å². The minimum absolute atomic E-state index is 0.223. The van der Waals surface area contributed by atoms with Crippen LogP contribution in [-0.4, -0.2) is 48.1 Å². The molecule has 5 N–H and O–H groups in total. The number of hydroxylamine groups is 2. The first-order chi connectivity index (χ1) is 7.87. The molecule has 0 amide bonds. The molecular formula is C7H13N5O4S. The molecule has 10 heteroatoms. The lowest BCUT2D eigenvalue weighted by atomic mass is 10.2. The lowest BCUT2D eigenvalue weighted by Crippen LogP contribution is -2.52. The summed E-state index contributed by atoms with van der Waals surface area (Å²) in [5.74, 6) is 0.357. The van der Waals surface area contributed by atoms with E-state index >= 15 is 0 Å². The van der Waals surface area contributed by atoms with E-state index in [1.807, 2.05) is 4.90 Å². The standard InChI is InChI=1S/C7H13N5O4S/c8-5-4-6(11-2-1-3-11)10-7(9)12(5)16-17(13,14)15/h4-5H,1-3,8H2,(H2,9,10)(H,13,14,15). The van der Waals surface area contributed by atoms with E-state index in [9.17, 15) is 8.42 Å². The molecule has 2 rings (SSSR count). The van der Waals surface area contributed by atoms with Crippen molar-refractivity contribution in [2.45, 2.75) is 12.6 Å². The van der Waals surface area contributed by atoms with Gasteiger partial charge in [0.2, 0.25) is 5.96 Å². The van der Waals surface area contributed by atoms with Gasteiger partial charge in [0.05, 0.1) is 0 Å². The molecule has 2 aliphatic rings. The zero-order chi connectivity index (χ0) is 12.6. The molecule has 0 aromatic rings. The van der Waals surface area contributed by atoms with Gasteiger partial charge in [0.1, 0.15) is 12.0 Å². The van der Waals surface area contributed by atoms with Gasteiger partial charge in [0.25, 0.3) is 0 Å². The van der Waals surface area contributed by atoms with Crippen LogP contribution in [0.25, 0.3) is 0 Å². The lowest BCUT2D eigenvalue weighted by Gasteiger charge is -2.37. The van der Waals surface area contributed by atoms with E-state index < -0.39 is 16.6 Å². The Hall–Kier alpha value is -1.36. The summed E-state index contributed by atoms with van der Waals surface area (Å²) in [4.78, 5) is 5.89. The Labute approximate surface area is 98.2 Å². The summed E-state index contributed by atoms with van der Waals surface area (Å²) >= 11 is 0. The third-order valence-electron chi connectivity index (χ3n) is 2.40. The number of likely N-dealkylation sites (tertiary alicyclic amines) is 1. The molecule has 0 aromatic heterocycles. The molecule has 1 fully saturated rings. The number of nitrogens with two attached hydrogens (primary N) is 2. The van der Waals surface area contributed by atoms with Gasteiger partial charge in [-0.2, -0.15) is 18.5 Å². The maximum Gasteiger partial charge on any atom is 0.418 e. The minimum Gasteiger partial charge on any atom is -0.368 e. The van der Waals surface area contributed by atoms with Crippen LogP contribution in [0, 0.1) is 0 Å². The van der Waals surface area contributed by atoms with Crippen LogP contribution in [0.5, 0.6) is 0 Å². The molecule has 17 heavy (non-hydrogen) atoms. The summed E-state index contributed by atoms with van der Waals surface area (Å²) in [5.41, 5.74) is 11.2. The van der Waals surface area contributed by atoms with Crippen LogP contribution in [0.3, 0.4) is 0 Å². The summed E-state index contributed by atoms with van der Waals surface area (Å²) in [6, 6.07) is 0. The second-order valence-electron chi connectivity index (χ2n) is 3.65. The molecule has 1 unspecified atom stereocenters. The summed E-state index contributed by atoms with van der Waals surface area (Å²) in [6.45, 7) is 1.71. The van der Waals surface area contributed by atoms with Crippen LogP contribution in [0.4, 0.5) is 0 Å². The molecule has 0 spiro atoms. The molecule has 0 aliphatic carbocycles. The first-order valence-corrected chi connectivity index (χ1v) is 6.26. The summed E-state index contributed by atoms with van der Waals surface area (Å²) in [6.07, 6.45) is 1.64. The Balaban J connectivity index is 2.14. The van der Waals surface area contributed by atoms with Crippen molar-refractivity contribution in [1.29, 1.82) is 0 Å². The number of nitrogens with zero attached hydrogens (tertiary/aromatic N) is 3. The maximum atomic E-state index is 10.6. The number of hydrogen-bond donors (Lipinski definition) is 3. The van der Waals surface area contributed by atoms with Crippen molar-refractivity contribution in [3.63, 3.8) is 0 Å². The second kappa shape index (κ2) is 4.14. The van der Waals surface area contributed by atoms with Crippen LogP contribution >= 0.6 is 0 Å². The highest BCUT2D eigenvalue weighted by Gasteiger charge is 2.29. The van der Waals surface area contributed by atoms with Crippen LogP contribution in [0.15, 0.2) is 16.9 Å². The van der Waals surface area contributed by atoms with Gasteiger partial charge in [0.15, 0.2) is 0 Å². The summed E-state index contributed by atoms with van der Waals surface area (Å²) in [7, 11) is -4.68. The average molecular weight is 263 g/mol. The fourth-order valence-electron chi connectivity index (χ4n) is 1.49. The molecule has 0 aromatic carbocycles. The number of rotatable bonds is 3. The van der Waals surface area contributed by atoms with Crippen molar-refractivity contribution in [3.8, 4) is 0 Å². The lowest BCUT2D eigenvalue weighted by molar-refractivity contribution is -0.0137. The Morgan fingerprint density at radius 1 is 1.53 bits per heavy atom. The fourth-order valence-corrected chi connectivity index (χ4v) is 1.87. The third-order valence-corrected chi connectivity index (χ3v) is 2.75. The SMILES string of the molecule is NC1=NC(N2CCC2)=CC(N)N1OS(=O)(=O)O. The monoisotopic (exact) mass is 263 g/mol. The predicted molar refractivity (Wildman–Crippen MR) is 58.3 cm³/mol. The fraction of sp³-hybridized carbons (Fsp3) is 0.571. The Morgan fingerprint density at radius 2 is 2.18 bits per heavy atom. The van der Waals surface area contributed by atoms with Gasteiger partial charge >= 0.3 is 10.4 Å². The van der Waals surface area contributed by atoms with Gasteiger partial charge in [-0.1, -0.05) is 0 Å². The van der Waals surface area contributed by atoms with E-state index in [1.54, 1.807) is 0 Å². The minimum atomic E-state index is -4.68. The van der Waals surface area contributed by atoms with Gasteiger partial charge in [-0.15, -0.1) is 4.28 Å². The molecule has 1 saturated heterocycles. The molecule has 9 nitrogen and oxygen atoms in total. The highest BCUT2D eigenvalue weighted by atomic mass is 32.3. The van der Waals surface area contributed by atoms with Crippen molar-refractivity contribution in [1.82, 2.24) is 9.96 Å². The molecule has 96 valence electrons. The first-order valence-electron chi connectivity index (χ1n) is 4.89. The van der Waals surface area contributed by atoms with E-state index in [4.69, 9.17) is 16.0 Å². The van der Waals surface area contributed by atoms with Crippen molar-refractivity contribution in [3.05, 3.63) is 11.9 Å². The zero-order valence-electron chi connectivity index (χ0n) is 8.85. The van der Waals surface area contributed by atoms with E-state index in [1.165, 1.54) is 6.08 Å². The van der Waals surface area contributed by atoms with E-state index in [0.29, 0.717) is 10.9 Å². The average Bonchev–Trinajstić information content (AvgIpc) is 2.07. The van der Waals surface area contributed by atoms with Crippen molar-refractivity contribution >= 4 is 16.4 Å². The van der Waals surface area contributed by atoms with Gasteiger partial charge in [-0.25, -0.2) is 0 Å². The predicted octanol–water partition coefficient (Wildman–Crippen LogP) is -1.82. The van der Waals surface area contributed by atoms with Crippen molar-refractivity contribution in [2.75, 3.05) is 13.1 Å². The Bertz CT molecular complexity index is 469. The van der Waals surface area contributed by atoms with E-state index in [0.717, 1.165) is 19.5 Å². The number of guanidine groups is 1. The van der Waals surface area contributed by atoms with Crippen LogP contribution in [-0.2, 0) is 14.7 Å². The molecule has 0 saturated carbocycles. The Kier molecular flexibility index (Phi) is 2.95. The van der Waals surface area contributed by atoms with Crippen LogP contribution < -0.4 is 11.5 Å². The largest absolute Gasteiger partial charge is 0.418 e. The van der Waals surface area contributed by atoms with Crippen LogP contribution in [0.2, 0.25) is 0 Å². The van der Waals surface area contributed by atoms with Crippen molar-refractivity contribution in [2.24, 2.45) is 16.5 Å². The highest BCUT2D eigenvalue weighted by Crippen LogP contribution is 2.20. The highest BCUT2D eigenvalue weighted by molar-refractivity contribution is 7.80. The van der Waals surface area contributed by atoms with Gasteiger partial charge < -0.3 is 16.4 Å². The van der Waals surface area contributed by atoms with Crippen LogP contribution in [0.1, 0.15) is 6.42 Å². The smallest absolute Gasteiger partial charge is 0.368 e. The molecule has 0 bridgehead atoms. The second-order valence-corrected chi connectivity index (χ2v) is 4.66. The van der Waals surface area contributed by atoms with E-state index in [2.05, 4.69) is 9.28 Å². The normalized spacial score (nSPS) is 25.2. The number of aliphatic imine (C=N–C) groups is 1. The van der Waals surface area contributed by atoms with Gasteiger partial charge in [-0.3, -0.25) is 4.55 Å². The molecule has 2 aliphatic heterocycles.